The summed E-state index contributed by atoms with van der Waals surface area (Å²) in [4.78, 5) is 9.04. The third-order valence-electron chi connectivity index (χ3n) is 3.58. The molecule has 0 unspecified atom stereocenters. The molecule has 0 fully saturated rings. The van der Waals surface area contributed by atoms with Gasteiger partial charge in [-0.1, -0.05) is 24.3 Å². The molecular formula is C20H22N4O. The molecule has 0 aliphatic heterocycles. The fraction of sp³-hybridized carbons (Fsp3) is 0.200. The fourth-order valence-corrected chi connectivity index (χ4v) is 2.53. The zero-order valence-electron chi connectivity index (χ0n) is 14.7. The zero-order chi connectivity index (χ0) is 17.6. The van der Waals surface area contributed by atoms with Crippen LogP contribution in [0.1, 0.15) is 18.2 Å². The third-order valence-corrected chi connectivity index (χ3v) is 3.58. The van der Waals surface area contributed by atoms with Gasteiger partial charge in [-0.3, -0.25) is 0 Å². The molecule has 128 valence electrons. The van der Waals surface area contributed by atoms with E-state index in [0.717, 1.165) is 28.6 Å². The van der Waals surface area contributed by atoms with Gasteiger partial charge < -0.3 is 15.4 Å². The van der Waals surface area contributed by atoms with Crippen molar-refractivity contribution < 1.29 is 4.74 Å². The summed E-state index contributed by atoms with van der Waals surface area (Å²) in [5.41, 5.74) is 3.91. The number of anilines is 4. The average Bonchev–Trinajstić information content (AvgIpc) is 2.56. The monoisotopic (exact) mass is 334 g/mol. The highest BCUT2D eigenvalue weighted by Crippen LogP contribution is 2.27. The van der Waals surface area contributed by atoms with Crippen LogP contribution >= 0.6 is 0 Å². The summed E-state index contributed by atoms with van der Waals surface area (Å²) in [6, 6.07) is 17.9. The lowest BCUT2D eigenvalue weighted by atomic mass is 10.2. The number of hydrogen-bond donors (Lipinski definition) is 2. The van der Waals surface area contributed by atoms with E-state index in [1.54, 1.807) is 0 Å². The summed E-state index contributed by atoms with van der Waals surface area (Å²) >= 11 is 0. The molecule has 5 heteroatoms. The second-order valence-electron chi connectivity index (χ2n) is 5.77. The van der Waals surface area contributed by atoms with Crippen LogP contribution in [-0.2, 0) is 0 Å². The van der Waals surface area contributed by atoms with E-state index in [4.69, 9.17) is 4.74 Å². The maximum atomic E-state index is 5.64. The first-order chi connectivity index (χ1) is 12.1. The highest BCUT2D eigenvalue weighted by Gasteiger charge is 2.07. The molecule has 0 aliphatic rings. The molecule has 0 atom stereocenters. The van der Waals surface area contributed by atoms with Crippen LogP contribution in [0, 0.1) is 13.8 Å². The van der Waals surface area contributed by atoms with Crippen molar-refractivity contribution in [3.8, 4) is 5.75 Å². The van der Waals surface area contributed by atoms with E-state index in [1.165, 1.54) is 5.56 Å². The Morgan fingerprint density at radius 2 is 1.76 bits per heavy atom. The second-order valence-corrected chi connectivity index (χ2v) is 5.77. The number of nitrogens with one attached hydrogen (secondary N) is 2. The van der Waals surface area contributed by atoms with Gasteiger partial charge in [-0.2, -0.15) is 4.98 Å². The number of aromatic nitrogens is 2. The Morgan fingerprint density at radius 3 is 2.56 bits per heavy atom. The molecule has 0 amide bonds. The minimum atomic E-state index is 0.530. The first kappa shape index (κ1) is 16.8. The van der Waals surface area contributed by atoms with E-state index in [-0.39, 0.29) is 0 Å². The SMILES string of the molecule is CCOc1ccccc1Nc1nc(C)cc(Nc2cccc(C)c2)n1. The van der Waals surface area contributed by atoms with Crippen molar-refractivity contribution in [2.45, 2.75) is 20.8 Å². The lowest BCUT2D eigenvalue weighted by Gasteiger charge is -2.13. The van der Waals surface area contributed by atoms with E-state index in [9.17, 15) is 0 Å². The Morgan fingerprint density at radius 1 is 0.920 bits per heavy atom. The molecule has 1 heterocycles. The van der Waals surface area contributed by atoms with Gasteiger partial charge in [-0.25, -0.2) is 4.98 Å². The van der Waals surface area contributed by atoms with E-state index in [0.29, 0.717) is 12.6 Å². The Kier molecular flexibility index (Phi) is 5.14. The number of hydrogen-bond acceptors (Lipinski definition) is 5. The molecule has 0 saturated heterocycles. The molecule has 25 heavy (non-hydrogen) atoms. The molecule has 3 rings (SSSR count). The van der Waals surface area contributed by atoms with Crippen LogP contribution in [0.2, 0.25) is 0 Å². The smallest absolute Gasteiger partial charge is 0.229 e. The molecule has 0 saturated carbocycles. The summed E-state index contributed by atoms with van der Waals surface area (Å²) in [6.07, 6.45) is 0. The Balaban J connectivity index is 1.85. The van der Waals surface area contributed by atoms with Crippen LogP contribution in [0.5, 0.6) is 5.75 Å². The number of nitrogens with zero attached hydrogens (tertiary/aromatic N) is 2. The van der Waals surface area contributed by atoms with Crippen LogP contribution in [0.25, 0.3) is 0 Å². The van der Waals surface area contributed by atoms with Crippen molar-refractivity contribution in [2.75, 3.05) is 17.2 Å². The number of aryl methyl sites for hydroxylation is 2. The summed E-state index contributed by atoms with van der Waals surface area (Å²) in [7, 11) is 0. The van der Waals surface area contributed by atoms with Gasteiger partial charge >= 0.3 is 0 Å². The zero-order valence-corrected chi connectivity index (χ0v) is 14.7. The number of rotatable bonds is 6. The highest BCUT2D eigenvalue weighted by atomic mass is 16.5. The van der Waals surface area contributed by atoms with Crippen molar-refractivity contribution >= 4 is 23.1 Å². The Bertz CT molecular complexity index is 864. The van der Waals surface area contributed by atoms with Gasteiger partial charge in [0.15, 0.2) is 0 Å². The Labute approximate surface area is 148 Å². The van der Waals surface area contributed by atoms with Crippen LogP contribution in [-0.4, -0.2) is 16.6 Å². The van der Waals surface area contributed by atoms with Crippen molar-refractivity contribution in [1.82, 2.24) is 9.97 Å². The normalized spacial score (nSPS) is 10.4. The van der Waals surface area contributed by atoms with Gasteiger partial charge in [-0.05, 0) is 50.6 Å². The number of para-hydroxylation sites is 2. The van der Waals surface area contributed by atoms with E-state index >= 15 is 0 Å². The molecule has 0 bridgehead atoms. The molecule has 5 nitrogen and oxygen atoms in total. The van der Waals surface area contributed by atoms with Gasteiger partial charge in [0.2, 0.25) is 5.95 Å². The van der Waals surface area contributed by atoms with Crippen molar-refractivity contribution in [3.63, 3.8) is 0 Å². The van der Waals surface area contributed by atoms with Gasteiger partial charge in [0, 0.05) is 17.4 Å². The van der Waals surface area contributed by atoms with Gasteiger partial charge in [-0.15, -0.1) is 0 Å². The molecule has 0 aliphatic carbocycles. The first-order valence-electron chi connectivity index (χ1n) is 8.32. The summed E-state index contributed by atoms with van der Waals surface area (Å²) in [5, 5.41) is 6.58. The first-order valence-corrected chi connectivity index (χ1v) is 8.32. The van der Waals surface area contributed by atoms with Gasteiger partial charge in [0.1, 0.15) is 11.6 Å². The number of benzene rings is 2. The fourth-order valence-electron chi connectivity index (χ4n) is 2.53. The van der Waals surface area contributed by atoms with Gasteiger partial charge in [0.05, 0.1) is 12.3 Å². The van der Waals surface area contributed by atoms with Crippen molar-refractivity contribution in [3.05, 3.63) is 65.9 Å². The van der Waals surface area contributed by atoms with Gasteiger partial charge in [0.25, 0.3) is 0 Å². The minimum absolute atomic E-state index is 0.530. The highest BCUT2D eigenvalue weighted by molar-refractivity contribution is 5.64. The molecule has 1 aromatic heterocycles. The molecular weight excluding hydrogens is 312 g/mol. The predicted octanol–water partition coefficient (Wildman–Crippen LogP) is 4.98. The summed E-state index contributed by atoms with van der Waals surface area (Å²) in [5.74, 6) is 2.06. The number of ether oxygens (including phenoxy) is 1. The van der Waals surface area contributed by atoms with Crippen LogP contribution in [0.3, 0.4) is 0 Å². The summed E-state index contributed by atoms with van der Waals surface area (Å²) < 4.78 is 5.64. The Hall–Kier alpha value is -3.08. The quantitative estimate of drug-likeness (QED) is 0.666. The molecule has 2 aromatic carbocycles. The van der Waals surface area contributed by atoms with E-state index in [2.05, 4.69) is 39.7 Å². The molecule has 0 spiro atoms. The average molecular weight is 334 g/mol. The standard InChI is InChI=1S/C20H22N4O/c1-4-25-18-11-6-5-10-17(18)23-20-21-15(3)13-19(24-20)22-16-9-7-8-14(2)12-16/h5-13H,4H2,1-3H3,(H2,21,22,23,24). The maximum absolute atomic E-state index is 5.64. The van der Waals surface area contributed by atoms with Crippen LogP contribution in [0.15, 0.2) is 54.6 Å². The van der Waals surface area contributed by atoms with Crippen LogP contribution < -0.4 is 15.4 Å². The van der Waals surface area contributed by atoms with E-state index < -0.39 is 0 Å². The maximum Gasteiger partial charge on any atom is 0.229 e. The van der Waals surface area contributed by atoms with Crippen LogP contribution in [0.4, 0.5) is 23.1 Å². The van der Waals surface area contributed by atoms with E-state index in [1.807, 2.05) is 56.3 Å². The topological polar surface area (TPSA) is 59.1 Å². The lowest BCUT2D eigenvalue weighted by molar-refractivity contribution is 0.342. The van der Waals surface area contributed by atoms with Crippen molar-refractivity contribution in [2.24, 2.45) is 0 Å². The third kappa shape index (κ3) is 4.47. The molecule has 0 radical (unpaired) electrons. The predicted molar refractivity (Wildman–Crippen MR) is 102 cm³/mol. The second kappa shape index (κ2) is 7.66. The lowest BCUT2D eigenvalue weighted by Crippen LogP contribution is -2.04. The minimum Gasteiger partial charge on any atom is -0.492 e. The molecule has 3 aromatic rings. The van der Waals surface area contributed by atoms with Crippen molar-refractivity contribution in [1.29, 1.82) is 0 Å². The largest absolute Gasteiger partial charge is 0.492 e. The molecule has 2 N–H and O–H groups in total. The summed E-state index contributed by atoms with van der Waals surface area (Å²) in [6.45, 7) is 6.58.